The number of thiophene rings is 1. The summed E-state index contributed by atoms with van der Waals surface area (Å²) in [7, 11) is 1.66. The molecular formula is C17H27N3O3S. The second-order valence-electron chi connectivity index (χ2n) is 6.21. The minimum atomic E-state index is -0.308. The van der Waals surface area contributed by atoms with Crippen molar-refractivity contribution in [1.82, 2.24) is 15.5 Å². The summed E-state index contributed by atoms with van der Waals surface area (Å²) >= 11 is 1.53. The normalized spacial score (nSPS) is 16.7. The van der Waals surface area contributed by atoms with E-state index in [0.29, 0.717) is 26.2 Å². The lowest BCUT2D eigenvalue weighted by molar-refractivity contribution is 0.0608. The Balaban J connectivity index is 1.99. The Morgan fingerprint density at radius 3 is 2.58 bits per heavy atom. The van der Waals surface area contributed by atoms with Gasteiger partial charge in [-0.05, 0) is 45.2 Å². The van der Waals surface area contributed by atoms with Crippen molar-refractivity contribution in [3.63, 3.8) is 0 Å². The average Bonchev–Trinajstić information content (AvgIpc) is 3.00. The Labute approximate surface area is 147 Å². The zero-order valence-corrected chi connectivity index (χ0v) is 15.5. The molecule has 0 atom stereocenters. The molecule has 3 amide bonds. The number of amides is 3. The zero-order chi connectivity index (χ0) is 17.6. The lowest BCUT2D eigenvalue weighted by Gasteiger charge is -2.42. The van der Waals surface area contributed by atoms with Gasteiger partial charge in [0.15, 0.2) is 0 Å². The number of aryl methyl sites for hydroxylation is 1. The highest BCUT2D eigenvalue weighted by Gasteiger charge is 2.37. The molecule has 0 unspecified atom stereocenters. The lowest BCUT2D eigenvalue weighted by Crippen LogP contribution is -2.58. The number of nitrogens with zero attached hydrogens (tertiary/aromatic N) is 1. The fourth-order valence-electron chi connectivity index (χ4n) is 3.02. The second-order valence-corrected chi connectivity index (χ2v) is 7.50. The van der Waals surface area contributed by atoms with E-state index in [1.165, 1.54) is 11.3 Å². The van der Waals surface area contributed by atoms with Crippen molar-refractivity contribution in [1.29, 1.82) is 0 Å². The van der Waals surface area contributed by atoms with E-state index in [-0.39, 0.29) is 17.5 Å². The second kappa shape index (κ2) is 8.48. The minimum Gasteiger partial charge on any atom is -0.385 e. The smallest absolute Gasteiger partial charge is 0.315 e. The van der Waals surface area contributed by atoms with E-state index in [1.54, 1.807) is 7.11 Å². The van der Waals surface area contributed by atoms with Gasteiger partial charge >= 0.3 is 6.03 Å². The van der Waals surface area contributed by atoms with Crippen LogP contribution in [0.15, 0.2) is 12.1 Å². The first-order valence-corrected chi connectivity index (χ1v) is 9.22. The maximum Gasteiger partial charge on any atom is 0.315 e. The summed E-state index contributed by atoms with van der Waals surface area (Å²) in [5.41, 5.74) is -0.308. The molecule has 1 aliphatic rings. The predicted octanol–water partition coefficient (Wildman–Crippen LogP) is 2.39. The first-order chi connectivity index (χ1) is 11.5. The number of ether oxygens (including phenoxy) is 1. The van der Waals surface area contributed by atoms with Crippen LogP contribution in [0.3, 0.4) is 0 Å². The van der Waals surface area contributed by atoms with E-state index >= 15 is 0 Å². The number of hydrogen-bond acceptors (Lipinski definition) is 4. The predicted molar refractivity (Wildman–Crippen MR) is 95.6 cm³/mol. The number of rotatable bonds is 6. The highest BCUT2D eigenvalue weighted by atomic mass is 32.1. The number of piperidine rings is 1. The molecule has 6 nitrogen and oxygen atoms in total. The fourth-order valence-corrected chi connectivity index (χ4v) is 3.86. The molecular weight excluding hydrogens is 326 g/mol. The van der Waals surface area contributed by atoms with Crippen LogP contribution in [0.4, 0.5) is 4.79 Å². The summed E-state index contributed by atoms with van der Waals surface area (Å²) in [5.74, 6) is 0.0893. The van der Waals surface area contributed by atoms with Crippen LogP contribution in [0.2, 0.25) is 0 Å². The molecule has 1 fully saturated rings. The van der Waals surface area contributed by atoms with Gasteiger partial charge in [-0.3, -0.25) is 4.79 Å². The Morgan fingerprint density at radius 2 is 2.04 bits per heavy atom. The van der Waals surface area contributed by atoms with Crippen LogP contribution < -0.4 is 10.6 Å². The summed E-state index contributed by atoms with van der Waals surface area (Å²) in [4.78, 5) is 28.4. The van der Waals surface area contributed by atoms with Crippen molar-refractivity contribution in [3.05, 3.63) is 21.9 Å². The number of nitrogens with one attached hydrogen (secondary N) is 2. The Hall–Kier alpha value is -1.60. The number of hydrogen-bond donors (Lipinski definition) is 2. The molecule has 7 heteroatoms. The van der Waals surface area contributed by atoms with Crippen molar-refractivity contribution < 1.29 is 14.3 Å². The molecule has 2 rings (SSSR count). The van der Waals surface area contributed by atoms with Gasteiger partial charge in [-0.15, -0.1) is 11.3 Å². The van der Waals surface area contributed by atoms with Crippen molar-refractivity contribution in [2.24, 2.45) is 0 Å². The van der Waals surface area contributed by atoms with E-state index in [4.69, 9.17) is 4.74 Å². The van der Waals surface area contributed by atoms with Crippen LogP contribution in [0.1, 0.15) is 40.7 Å². The third-order valence-corrected chi connectivity index (χ3v) is 5.45. The Morgan fingerprint density at radius 1 is 1.33 bits per heavy atom. The zero-order valence-electron chi connectivity index (χ0n) is 14.7. The third kappa shape index (κ3) is 4.70. The van der Waals surface area contributed by atoms with Gasteiger partial charge in [0.1, 0.15) is 0 Å². The quantitative estimate of drug-likeness (QED) is 0.825. The van der Waals surface area contributed by atoms with Gasteiger partial charge in [-0.1, -0.05) is 0 Å². The maximum absolute atomic E-state index is 12.6. The molecule has 1 aliphatic heterocycles. The van der Waals surface area contributed by atoms with Gasteiger partial charge in [-0.2, -0.15) is 0 Å². The highest BCUT2D eigenvalue weighted by Crippen LogP contribution is 2.28. The number of urea groups is 1. The number of likely N-dealkylation sites (tertiary alicyclic amines) is 1. The maximum atomic E-state index is 12.6. The molecule has 1 aromatic heterocycles. The first-order valence-electron chi connectivity index (χ1n) is 8.40. The summed E-state index contributed by atoms with van der Waals surface area (Å²) in [6.45, 7) is 6.37. The molecule has 0 radical (unpaired) electrons. The molecule has 2 N–H and O–H groups in total. The van der Waals surface area contributed by atoms with Gasteiger partial charge in [0, 0.05) is 43.8 Å². The molecule has 0 saturated carbocycles. The van der Waals surface area contributed by atoms with Crippen LogP contribution in [0.5, 0.6) is 0 Å². The minimum absolute atomic E-state index is 0.0893. The van der Waals surface area contributed by atoms with Crippen LogP contribution in [0.25, 0.3) is 0 Å². The standard InChI is InChI=1S/C17H27N3O3S/c1-4-18-16(22)19-17(9-12-23-3)7-10-20(11-8-17)15(21)14-6-5-13(2)24-14/h5-6H,4,7-12H2,1-3H3,(H2,18,19,22). The summed E-state index contributed by atoms with van der Waals surface area (Å²) < 4.78 is 5.21. The lowest BCUT2D eigenvalue weighted by atomic mass is 9.84. The van der Waals surface area contributed by atoms with Gasteiger partial charge < -0.3 is 20.3 Å². The third-order valence-electron chi connectivity index (χ3n) is 4.46. The first kappa shape index (κ1) is 18.7. The van der Waals surface area contributed by atoms with Crippen LogP contribution >= 0.6 is 11.3 Å². The van der Waals surface area contributed by atoms with Crippen LogP contribution in [-0.4, -0.2) is 55.7 Å². The van der Waals surface area contributed by atoms with Crippen LogP contribution in [0, 0.1) is 6.92 Å². The molecule has 24 heavy (non-hydrogen) atoms. The molecule has 1 aromatic rings. The molecule has 0 aromatic carbocycles. The molecule has 1 saturated heterocycles. The Bertz CT molecular complexity index is 565. The van der Waals surface area contributed by atoms with Crippen molar-refractivity contribution in [3.8, 4) is 0 Å². The SMILES string of the molecule is CCNC(=O)NC1(CCOC)CCN(C(=O)c2ccc(C)s2)CC1. The fraction of sp³-hybridized carbons (Fsp3) is 0.647. The van der Waals surface area contributed by atoms with Gasteiger partial charge in [0.05, 0.1) is 4.88 Å². The summed E-state index contributed by atoms with van der Waals surface area (Å²) in [5, 5.41) is 5.89. The van der Waals surface area contributed by atoms with Crippen molar-refractivity contribution in [2.45, 2.75) is 38.6 Å². The summed E-state index contributed by atoms with van der Waals surface area (Å²) in [6, 6.07) is 3.71. The monoisotopic (exact) mass is 353 g/mol. The number of carbonyl (C=O) groups excluding carboxylic acids is 2. The van der Waals surface area contributed by atoms with Gasteiger partial charge in [0.25, 0.3) is 5.91 Å². The van der Waals surface area contributed by atoms with Gasteiger partial charge in [-0.25, -0.2) is 4.79 Å². The van der Waals surface area contributed by atoms with Gasteiger partial charge in [0.2, 0.25) is 0 Å². The highest BCUT2D eigenvalue weighted by molar-refractivity contribution is 7.13. The molecule has 134 valence electrons. The Kier molecular flexibility index (Phi) is 6.62. The molecule has 0 spiro atoms. The van der Waals surface area contributed by atoms with E-state index in [1.807, 2.05) is 30.9 Å². The molecule has 2 heterocycles. The summed E-state index contributed by atoms with van der Waals surface area (Å²) in [6.07, 6.45) is 2.23. The van der Waals surface area contributed by atoms with E-state index in [0.717, 1.165) is 29.0 Å². The largest absolute Gasteiger partial charge is 0.385 e. The topological polar surface area (TPSA) is 70.7 Å². The van der Waals surface area contributed by atoms with E-state index in [2.05, 4.69) is 10.6 Å². The van der Waals surface area contributed by atoms with E-state index in [9.17, 15) is 9.59 Å². The van der Waals surface area contributed by atoms with Crippen molar-refractivity contribution in [2.75, 3.05) is 33.4 Å². The number of methoxy groups -OCH3 is 1. The van der Waals surface area contributed by atoms with E-state index < -0.39 is 0 Å². The van der Waals surface area contributed by atoms with Crippen LogP contribution in [-0.2, 0) is 4.74 Å². The molecule has 0 bridgehead atoms. The molecule has 0 aliphatic carbocycles. The van der Waals surface area contributed by atoms with Crippen molar-refractivity contribution >= 4 is 23.3 Å². The average molecular weight is 353 g/mol. The number of carbonyl (C=O) groups is 2.